The highest BCUT2D eigenvalue weighted by atomic mass is 79.9. The molecule has 3 aromatic carbocycles. The molecule has 6 heteroatoms. The summed E-state index contributed by atoms with van der Waals surface area (Å²) in [5.41, 5.74) is 2.93. The summed E-state index contributed by atoms with van der Waals surface area (Å²) in [4.78, 5) is 0. The summed E-state index contributed by atoms with van der Waals surface area (Å²) in [7, 11) is 1.62. The molecule has 3 aromatic rings. The largest absolute Gasteiger partial charge is 0.493 e. The predicted octanol–water partition coefficient (Wildman–Crippen LogP) is 6.55. The van der Waals surface area contributed by atoms with Gasteiger partial charge in [-0.25, -0.2) is 4.39 Å². The fourth-order valence-corrected chi connectivity index (χ4v) is 3.39. The van der Waals surface area contributed by atoms with Gasteiger partial charge in [-0.15, -0.1) is 0 Å². The number of methoxy groups -OCH3 is 1. The van der Waals surface area contributed by atoms with Crippen molar-refractivity contribution in [2.75, 3.05) is 12.4 Å². The topological polar surface area (TPSA) is 30.5 Å². The van der Waals surface area contributed by atoms with E-state index in [0.29, 0.717) is 24.7 Å². The molecule has 1 N–H and O–H groups in total. The zero-order chi connectivity index (χ0) is 19.2. The molecule has 0 spiro atoms. The van der Waals surface area contributed by atoms with Gasteiger partial charge in [0.2, 0.25) is 0 Å². The fraction of sp³-hybridized carbons (Fsp3) is 0.143. The average molecular weight is 495 g/mol. The van der Waals surface area contributed by atoms with Crippen LogP contribution in [0.4, 0.5) is 10.1 Å². The quantitative estimate of drug-likeness (QED) is 0.404. The Morgan fingerprint density at radius 1 is 0.926 bits per heavy atom. The molecule has 0 aliphatic heterocycles. The molecular formula is C21H18Br2FNO2. The Morgan fingerprint density at radius 3 is 2.30 bits per heavy atom. The van der Waals surface area contributed by atoms with Crippen LogP contribution in [0, 0.1) is 5.82 Å². The normalized spacial score (nSPS) is 10.5. The van der Waals surface area contributed by atoms with E-state index in [1.165, 1.54) is 12.1 Å². The highest BCUT2D eigenvalue weighted by Crippen LogP contribution is 2.37. The van der Waals surface area contributed by atoms with Gasteiger partial charge in [0.05, 0.1) is 11.6 Å². The standard InChI is InChI=1S/C21H18Br2FNO2/c1-26-20-11-15(12-25-18-8-6-17(24)7-9-18)10-19(23)21(20)27-13-14-2-4-16(22)5-3-14/h2-11,25H,12-13H2,1H3. The maximum atomic E-state index is 13.0. The van der Waals surface area contributed by atoms with Gasteiger partial charge in [0.25, 0.3) is 0 Å². The van der Waals surface area contributed by atoms with Gasteiger partial charge in [-0.3, -0.25) is 0 Å². The lowest BCUT2D eigenvalue weighted by Crippen LogP contribution is -2.03. The van der Waals surface area contributed by atoms with Gasteiger partial charge in [-0.1, -0.05) is 28.1 Å². The van der Waals surface area contributed by atoms with E-state index in [9.17, 15) is 4.39 Å². The summed E-state index contributed by atoms with van der Waals surface area (Å²) in [5, 5.41) is 3.26. The Morgan fingerprint density at radius 2 is 1.63 bits per heavy atom. The van der Waals surface area contributed by atoms with Crippen LogP contribution in [-0.2, 0) is 13.2 Å². The Balaban J connectivity index is 1.70. The van der Waals surface area contributed by atoms with Crippen LogP contribution in [0.1, 0.15) is 11.1 Å². The number of nitrogens with one attached hydrogen (secondary N) is 1. The first kappa shape index (κ1) is 19.7. The smallest absolute Gasteiger partial charge is 0.175 e. The van der Waals surface area contributed by atoms with Gasteiger partial charge in [0, 0.05) is 16.7 Å². The van der Waals surface area contributed by atoms with Crippen molar-refractivity contribution in [3.05, 3.63) is 86.6 Å². The van der Waals surface area contributed by atoms with E-state index in [4.69, 9.17) is 9.47 Å². The van der Waals surface area contributed by atoms with Gasteiger partial charge in [-0.05, 0) is 75.6 Å². The second kappa shape index (κ2) is 9.24. The second-order valence-corrected chi connectivity index (χ2v) is 7.65. The first-order valence-electron chi connectivity index (χ1n) is 8.28. The van der Waals surface area contributed by atoms with Crippen molar-refractivity contribution in [1.29, 1.82) is 0 Å². The lowest BCUT2D eigenvalue weighted by molar-refractivity contribution is 0.282. The molecule has 0 fully saturated rings. The zero-order valence-electron chi connectivity index (χ0n) is 14.6. The lowest BCUT2D eigenvalue weighted by Gasteiger charge is -2.15. The number of hydrogen-bond acceptors (Lipinski definition) is 3. The van der Waals surface area contributed by atoms with E-state index >= 15 is 0 Å². The maximum absolute atomic E-state index is 13.0. The van der Waals surface area contributed by atoms with E-state index in [0.717, 1.165) is 25.8 Å². The van der Waals surface area contributed by atoms with Gasteiger partial charge in [0.1, 0.15) is 12.4 Å². The van der Waals surface area contributed by atoms with E-state index in [1.807, 2.05) is 36.4 Å². The molecule has 0 unspecified atom stereocenters. The number of anilines is 1. The molecule has 0 atom stereocenters. The van der Waals surface area contributed by atoms with Crippen molar-refractivity contribution in [2.24, 2.45) is 0 Å². The van der Waals surface area contributed by atoms with Crippen molar-refractivity contribution in [1.82, 2.24) is 0 Å². The molecule has 140 valence electrons. The van der Waals surface area contributed by atoms with Crippen LogP contribution in [0.25, 0.3) is 0 Å². The molecule has 0 aliphatic rings. The van der Waals surface area contributed by atoms with Crippen molar-refractivity contribution in [2.45, 2.75) is 13.2 Å². The third-order valence-corrected chi connectivity index (χ3v) is 5.04. The van der Waals surface area contributed by atoms with Crippen molar-refractivity contribution in [3.8, 4) is 11.5 Å². The third kappa shape index (κ3) is 5.47. The van der Waals surface area contributed by atoms with Crippen molar-refractivity contribution < 1.29 is 13.9 Å². The average Bonchev–Trinajstić information content (AvgIpc) is 2.67. The molecule has 0 aliphatic carbocycles. The van der Waals surface area contributed by atoms with E-state index < -0.39 is 0 Å². The molecule has 27 heavy (non-hydrogen) atoms. The van der Waals surface area contributed by atoms with Crippen LogP contribution in [0.15, 0.2) is 69.6 Å². The Bertz CT molecular complexity index is 899. The minimum Gasteiger partial charge on any atom is -0.493 e. The molecule has 3 nitrogen and oxygen atoms in total. The van der Waals surface area contributed by atoms with E-state index in [2.05, 4.69) is 37.2 Å². The first-order chi connectivity index (χ1) is 13.0. The zero-order valence-corrected chi connectivity index (χ0v) is 17.8. The molecule has 0 bridgehead atoms. The fourth-order valence-electron chi connectivity index (χ4n) is 2.52. The highest BCUT2D eigenvalue weighted by Gasteiger charge is 2.12. The summed E-state index contributed by atoms with van der Waals surface area (Å²) < 4.78 is 26.3. The number of hydrogen-bond donors (Lipinski definition) is 1. The number of ether oxygens (including phenoxy) is 2. The molecule has 3 rings (SSSR count). The molecule has 0 saturated carbocycles. The summed E-state index contributed by atoms with van der Waals surface area (Å²) in [6.45, 7) is 1.02. The number of benzene rings is 3. The van der Waals surface area contributed by atoms with Crippen LogP contribution in [0.5, 0.6) is 11.5 Å². The van der Waals surface area contributed by atoms with Gasteiger partial charge in [-0.2, -0.15) is 0 Å². The Hall–Kier alpha value is -2.05. The van der Waals surface area contributed by atoms with Gasteiger partial charge >= 0.3 is 0 Å². The van der Waals surface area contributed by atoms with Crippen LogP contribution >= 0.6 is 31.9 Å². The van der Waals surface area contributed by atoms with E-state index in [1.54, 1.807) is 19.2 Å². The molecule has 0 aromatic heterocycles. The molecule has 0 saturated heterocycles. The minimum atomic E-state index is -0.253. The van der Waals surface area contributed by atoms with Crippen molar-refractivity contribution in [3.63, 3.8) is 0 Å². The van der Waals surface area contributed by atoms with Crippen LogP contribution in [-0.4, -0.2) is 7.11 Å². The summed E-state index contributed by atoms with van der Waals surface area (Å²) in [6, 6.07) is 18.2. The SMILES string of the molecule is COc1cc(CNc2ccc(F)cc2)cc(Br)c1OCc1ccc(Br)cc1. The highest BCUT2D eigenvalue weighted by molar-refractivity contribution is 9.10. The van der Waals surface area contributed by atoms with Gasteiger partial charge in [0.15, 0.2) is 11.5 Å². The summed E-state index contributed by atoms with van der Waals surface area (Å²) in [5.74, 6) is 1.06. The maximum Gasteiger partial charge on any atom is 0.175 e. The summed E-state index contributed by atoms with van der Waals surface area (Å²) in [6.07, 6.45) is 0. The molecule has 0 amide bonds. The lowest BCUT2D eigenvalue weighted by atomic mass is 10.2. The first-order valence-corrected chi connectivity index (χ1v) is 9.87. The van der Waals surface area contributed by atoms with Crippen molar-refractivity contribution >= 4 is 37.5 Å². The van der Waals surface area contributed by atoms with Crippen LogP contribution in [0.2, 0.25) is 0 Å². The number of rotatable bonds is 7. The monoisotopic (exact) mass is 493 g/mol. The molecule has 0 heterocycles. The van der Waals surface area contributed by atoms with Crippen LogP contribution < -0.4 is 14.8 Å². The van der Waals surface area contributed by atoms with Crippen LogP contribution in [0.3, 0.4) is 0 Å². The summed E-state index contributed by atoms with van der Waals surface area (Å²) >= 11 is 7.00. The van der Waals surface area contributed by atoms with Gasteiger partial charge < -0.3 is 14.8 Å². The predicted molar refractivity (Wildman–Crippen MR) is 113 cm³/mol. The Kier molecular flexibility index (Phi) is 6.74. The Labute approximate surface area is 174 Å². The molecule has 0 radical (unpaired) electrons. The number of halogens is 3. The minimum absolute atomic E-state index is 0.253. The second-order valence-electron chi connectivity index (χ2n) is 5.88. The third-order valence-electron chi connectivity index (χ3n) is 3.93. The molecular weight excluding hydrogens is 477 g/mol. The van der Waals surface area contributed by atoms with E-state index in [-0.39, 0.29) is 5.82 Å².